The van der Waals surface area contributed by atoms with E-state index in [1.807, 2.05) is 0 Å². The van der Waals surface area contributed by atoms with E-state index in [-0.39, 0.29) is 23.0 Å². The zero-order valence-electron chi connectivity index (χ0n) is 16.8. The Morgan fingerprint density at radius 2 is 1.90 bits per heavy atom. The number of nitrogens with zero attached hydrogens (tertiary/aromatic N) is 1. The van der Waals surface area contributed by atoms with Crippen LogP contribution in [0.2, 0.25) is 0 Å². The van der Waals surface area contributed by atoms with E-state index in [2.05, 4.69) is 10.6 Å². The highest BCUT2D eigenvalue weighted by molar-refractivity contribution is 6.07. The Balaban J connectivity index is 1.49. The van der Waals surface area contributed by atoms with E-state index in [1.165, 1.54) is 29.4 Å². The predicted molar refractivity (Wildman–Crippen MR) is 114 cm³/mol. The Hall–Kier alpha value is -3.94. The van der Waals surface area contributed by atoms with E-state index in [0.717, 1.165) is 5.56 Å². The molecule has 2 aromatic carbocycles. The molecule has 0 radical (unpaired) electrons. The highest BCUT2D eigenvalue weighted by atomic mass is 19.1. The van der Waals surface area contributed by atoms with Gasteiger partial charge in [-0.25, -0.2) is 4.39 Å². The smallest absolute Gasteiger partial charge is 0.291 e. The third-order valence-corrected chi connectivity index (χ3v) is 5.06. The van der Waals surface area contributed by atoms with Crippen molar-refractivity contribution in [2.75, 3.05) is 22.1 Å². The zero-order chi connectivity index (χ0) is 22.0. The minimum atomic E-state index is -0.580. The number of hydrogen-bond acceptors (Lipinski definition) is 4. The van der Waals surface area contributed by atoms with Crippen molar-refractivity contribution in [1.82, 2.24) is 0 Å². The van der Waals surface area contributed by atoms with Crippen LogP contribution in [-0.2, 0) is 4.79 Å². The molecule has 3 amide bonds. The Kier molecular flexibility index (Phi) is 5.53. The quantitative estimate of drug-likeness (QED) is 0.640. The van der Waals surface area contributed by atoms with E-state index in [9.17, 15) is 18.8 Å². The highest BCUT2D eigenvalue weighted by Crippen LogP contribution is 2.27. The molecule has 0 aliphatic carbocycles. The maximum atomic E-state index is 14.5. The van der Waals surface area contributed by atoms with Crippen molar-refractivity contribution in [3.8, 4) is 0 Å². The van der Waals surface area contributed by atoms with Crippen LogP contribution in [0.3, 0.4) is 0 Å². The number of carbonyl (C=O) groups is 3. The lowest BCUT2D eigenvalue weighted by Crippen LogP contribution is -2.24. The van der Waals surface area contributed by atoms with Crippen LogP contribution < -0.4 is 15.5 Å². The number of carbonyl (C=O) groups excluding carboxylic acids is 3. The normalized spacial score (nSPS) is 13.4. The summed E-state index contributed by atoms with van der Waals surface area (Å²) in [6, 6.07) is 12.2. The van der Waals surface area contributed by atoms with Gasteiger partial charge in [-0.2, -0.15) is 0 Å². The first-order chi connectivity index (χ1) is 14.9. The van der Waals surface area contributed by atoms with Gasteiger partial charge in [-0.3, -0.25) is 14.4 Å². The third kappa shape index (κ3) is 4.32. The number of amides is 3. The van der Waals surface area contributed by atoms with Gasteiger partial charge in [0.05, 0.1) is 12.0 Å². The molecule has 1 aliphatic rings. The molecule has 0 unspecified atom stereocenters. The summed E-state index contributed by atoms with van der Waals surface area (Å²) in [5.74, 6) is -1.43. The molecule has 7 nitrogen and oxygen atoms in total. The van der Waals surface area contributed by atoms with Crippen LogP contribution in [-0.4, -0.2) is 24.3 Å². The van der Waals surface area contributed by atoms with Crippen molar-refractivity contribution < 1.29 is 23.2 Å². The summed E-state index contributed by atoms with van der Waals surface area (Å²) in [7, 11) is 0. The first-order valence-electron chi connectivity index (χ1n) is 9.79. The molecule has 8 heteroatoms. The lowest BCUT2D eigenvalue weighted by atomic mass is 10.1. The van der Waals surface area contributed by atoms with Gasteiger partial charge in [0.25, 0.3) is 11.8 Å². The van der Waals surface area contributed by atoms with E-state index in [4.69, 9.17) is 4.42 Å². The average Bonchev–Trinajstić information content (AvgIpc) is 3.42. The molecule has 0 spiro atoms. The average molecular weight is 421 g/mol. The second-order valence-electron chi connectivity index (χ2n) is 7.23. The van der Waals surface area contributed by atoms with E-state index < -0.39 is 17.6 Å². The van der Waals surface area contributed by atoms with Crippen molar-refractivity contribution >= 4 is 34.8 Å². The fraction of sp³-hybridized carbons (Fsp3) is 0.174. The lowest BCUT2D eigenvalue weighted by molar-refractivity contribution is -0.117. The van der Waals surface area contributed by atoms with Crippen molar-refractivity contribution in [3.63, 3.8) is 0 Å². The van der Waals surface area contributed by atoms with Crippen LogP contribution in [0.5, 0.6) is 0 Å². The fourth-order valence-electron chi connectivity index (χ4n) is 3.40. The Bertz CT molecular complexity index is 1160. The Morgan fingerprint density at radius 1 is 1.06 bits per heavy atom. The molecule has 31 heavy (non-hydrogen) atoms. The van der Waals surface area contributed by atoms with Gasteiger partial charge in [0.1, 0.15) is 5.82 Å². The number of aryl methyl sites for hydroxylation is 1. The van der Waals surface area contributed by atoms with Crippen LogP contribution >= 0.6 is 0 Å². The molecule has 1 aromatic heterocycles. The van der Waals surface area contributed by atoms with Crippen molar-refractivity contribution in [3.05, 3.63) is 77.5 Å². The second-order valence-corrected chi connectivity index (χ2v) is 7.23. The molecule has 0 atom stereocenters. The summed E-state index contributed by atoms with van der Waals surface area (Å²) in [5, 5.41) is 5.36. The number of halogens is 1. The van der Waals surface area contributed by atoms with Gasteiger partial charge in [-0.05, 0) is 61.4 Å². The zero-order valence-corrected chi connectivity index (χ0v) is 16.8. The monoisotopic (exact) mass is 421 g/mol. The van der Waals surface area contributed by atoms with E-state index >= 15 is 0 Å². The molecule has 2 heterocycles. The molecule has 4 rings (SSSR count). The first kappa shape index (κ1) is 20.3. The second kappa shape index (κ2) is 8.43. The molecule has 1 fully saturated rings. The van der Waals surface area contributed by atoms with Crippen LogP contribution in [0.25, 0.3) is 0 Å². The molecular formula is C23H20FN3O4. The summed E-state index contributed by atoms with van der Waals surface area (Å²) in [6.45, 7) is 2.28. The molecule has 1 aliphatic heterocycles. The number of nitrogens with one attached hydrogen (secondary N) is 2. The van der Waals surface area contributed by atoms with Crippen LogP contribution in [0.1, 0.15) is 39.3 Å². The first-order valence-corrected chi connectivity index (χ1v) is 9.79. The van der Waals surface area contributed by atoms with E-state index in [0.29, 0.717) is 30.6 Å². The summed E-state index contributed by atoms with van der Waals surface area (Å²) in [5.41, 5.74) is 1.99. The van der Waals surface area contributed by atoms with Gasteiger partial charge < -0.3 is 20.0 Å². The fourth-order valence-corrected chi connectivity index (χ4v) is 3.40. The minimum absolute atomic E-state index is 0.112. The Labute approximate surface area is 177 Å². The van der Waals surface area contributed by atoms with Crippen molar-refractivity contribution in [2.24, 2.45) is 0 Å². The summed E-state index contributed by atoms with van der Waals surface area (Å²) < 4.78 is 19.6. The molecule has 0 bridgehead atoms. The number of hydrogen-bond donors (Lipinski definition) is 2. The van der Waals surface area contributed by atoms with Crippen LogP contribution in [0.15, 0.2) is 59.2 Å². The van der Waals surface area contributed by atoms with Gasteiger partial charge in [-0.1, -0.05) is 6.07 Å². The third-order valence-electron chi connectivity index (χ3n) is 5.06. The molecule has 2 N–H and O–H groups in total. The summed E-state index contributed by atoms with van der Waals surface area (Å²) in [6.07, 6.45) is 2.50. The van der Waals surface area contributed by atoms with Crippen LogP contribution in [0.4, 0.5) is 21.5 Å². The summed E-state index contributed by atoms with van der Waals surface area (Å²) in [4.78, 5) is 38.1. The van der Waals surface area contributed by atoms with Gasteiger partial charge in [0, 0.05) is 29.9 Å². The van der Waals surface area contributed by atoms with Crippen LogP contribution in [0, 0.1) is 12.7 Å². The maximum absolute atomic E-state index is 14.5. The van der Waals surface area contributed by atoms with Crippen molar-refractivity contribution in [2.45, 2.75) is 19.8 Å². The predicted octanol–water partition coefficient (Wildman–Crippen LogP) is 4.36. The number of furan rings is 1. The maximum Gasteiger partial charge on any atom is 0.291 e. The summed E-state index contributed by atoms with van der Waals surface area (Å²) >= 11 is 0. The van der Waals surface area contributed by atoms with Gasteiger partial charge in [0.15, 0.2) is 5.76 Å². The lowest BCUT2D eigenvalue weighted by Gasteiger charge is -2.17. The molecule has 0 saturated carbocycles. The number of anilines is 3. The standard InChI is InChI=1S/C23H20FN3O4/c1-14-6-7-15(12-18(14)26-23(30)20-4-3-11-31-20)22(29)25-16-8-9-19(17(24)13-16)27-10-2-5-21(27)28/h3-4,6-9,11-13H,2,5,10H2,1H3,(H,25,29)(H,26,30). The topological polar surface area (TPSA) is 91.7 Å². The largest absolute Gasteiger partial charge is 0.459 e. The van der Waals surface area contributed by atoms with Gasteiger partial charge in [-0.15, -0.1) is 0 Å². The Morgan fingerprint density at radius 3 is 2.58 bits per heavy atom. The highest BCUT2D eigenvalue weighted by Gasteiger charge is 2.24. The number of benzene rings is 2. The van der Waals surface area contributed by atoms with E-state index in [1.54, 1.807) is 37.3 Å². The SMILES string of the molecule is Cc1ccc(C(=O)Nc2ccc(N3CCCC3=O)c(F)c2)cc1NC(=O)c1ccco1. The molecule has 158 valence electrons. The van der Waals surface area contributed by atoms with Gasteiger partial charge in [0.2, 0.25) is 5.91 Å². The molecule has 3 aromatic rings. The van der Waals surface area contributed by atoms with Crippen molar-refractivity contribution in [1.29, 1.82) is 0 Å². The molecular weight excluding hydrogens is 401 g/mol. The number of rotatable bonds is 5. The minimum Gasteiger partial charge on any atom is -0.459 e. The molecule has 1 saturated heterocycles. The van der Waals surface area contributed by atoms with Gasteiger partial charge >= 0.3 is 0 Å².